The van der Waals surface area contributed by atoms with Crippen molar-refractivity contribution >= 4 is 16.8 Å². The SMILES string of the molecule is C[C@@H](NC1CCCc2c1[nH]c1ccc(-c3ccc4c(c3)CCNC4=O)cc21)c1ccccc1. The largest absolute Gasteiger partial charge is 0.357 e. The van der Waals surface area contributed by atoms with Gasteiger partial charge in [0.1, 0.15) is 0 Å². The smallest absolute Gasteiger partial charge is 0.251 e. The number of nitrogens with one attached hydrogen (secondary N) is 3. The van der Waals surface area contributed by atoms with Crippen LogP contribution in [0.2, 0.25) is 0 Å². The van der Waals surface area contributed by atoms with E-state index in [9.17, 15) is 4.79 Å². The first-order valence-corrected chi connectivity index (χ1v) is 12.0. The Labute approximate surface area is 194 Å². The Morgan fingerprint density at radius 3 is 2.67 bits per heavy atom. The van der Waals surface area contributed by atoms with Crippen LogP contribution in [0.3, 0.4) is 0 Å². The molecule has 2 aliphatic rings. The Morgan fingerprint density at radius 1 is 0.970 bits per heavy atom. The average molecular weight is 436 g/mol. The molecule has 1 unspecified atom stereocenters. The molecule has 1 aliphatic heterocycles. The van der Waals surface area contributed by atoms with Gasteiger partial charge in [-0.3, -0.25) is 4.79 Å². The van der Waals surface area contributed by atoms with Crippen molar-refractivity contribution in [1.29, 1.82) is 0 Å². The van der Waals surface area contributed by atoms with Gasteiger partial charge in [-0.05, 0) is 78.6 Å². The third-order valence-corrected chi connectivity index (χ3v) is 7.32. The second kappa shape index (κ2) is 8.20. The van der Waals surface area contributed by atoms with E-state index in [0.717, 1.165) is 36.9 Å². The molecular formula is C29H29N3O. The maximum Gasteiger partial charge on any atom is 0.251 e. The molecule has 33 heavy (non-hydrogen) atoms. The normalized spacial score (nSPS) is 18.5. The zero-order valence-corrected chi connectivity index (χ0v) is 18.9. The van der Waals surface area contributed by atoms with Crippen molar-refractivity contribution in [3.05, 3.63) is 94.7 Å². The number of rotatable bonds is 4. The van der Waals surface area contributed by atoms with Crippen LogP contribution >= 0.6 is 0 Å². The minimum absolute atomic E-state index is 0.0428. The van der Waals surface area contributed by atoms with E-state index in [0.29, 0.717) is 12.1 Å². The molecule has 0 saturated heterocycles. The number of carbonyl (C=O) groups excluding carboxylic acids is 1. The van der Waals surface area contributed by atoms with Crippen LogP contribution in [-0.4, -0.2) is 17.4 Å². The topological polar surface area (TPSA) is 56.9 Å². The number of aryl methyl sites for hydroxylation is 1. The lowest BCUT2D eigenvalue weighted by molar-refractivity contribution is 0.0946. The van der Waals surface area contributed by atoms with Gasteiger partial charge in [0.2, 0.25) is 0 Å². The van der Waals surface area contributed by atoms with Gasteiger partial charge in [0.15, 0.2) is 0 Å². The van der Waals surface area contributed by atoms with Gasteiger partial charge in [-0.15, -0.1) is 0 Å². The number of aromatic nitrogens is 1. The Balaban J connectivity index is 1.34. The van der Waals surface area contributed by atoms with Crippen LogP contribution in [0, 0.1) is 0 Å². The maximum absolute atomic E-state index is 12.1. The van der Waals surface area contributed by atoms with Crippen molar-refractivity contribution in [2.75, 3.05) is 6.54 Å². The predicted molar refractivity (Wildman–Crippen MR) is 133 cm³/mol. The molecule has 2 heterocycles. The van der Waals surface area contributed by atoms with E-state index in [1.807, 2.05) is 6.07 Å². The number of carbonyl (C=O) groups is 1. The second-order valence-corrected chi connectivity index (χ2v) is 9.40. The molecule has 3 N–H and O–H groups in total. The van der Waals surface area contributed by atoms with Crippen LogP contribution in [0.1, 0.15) is 64.6 Å². The lowest BCUT2D eigenvalue weighted by Gasteiger charge is -2.27. The van der Waals surface area contributed by atoms with Crippen molar-refractivity contribution in [3.63, 3.8) is 0 Å². The summed E-state index contributed by atoms with van der Waals surface area (Å²) in [6.07, 6.45) is 4.35. The first-order valence-electron chi connectivity index (χ1n) is 12.0. The van der Waals surface area contributed by atoms with Crippen molar-refractivity contribution in [2.45, 2.75) is 44.7 Å². The summed E-state index contributed by atoms with van der Waals surface area (Å²) in [6.45, 7) is 2.97. The van der Waals surface area contributed by atoms with Gasteiger partial charge >= 0.3 is 0 Å². The standard InChI is InChI=1S/C29H29N3O/c1-18(19-6-3-2-4-7-19)31-27-9-5-8-24-25-17-21(11-13-26(25)32-28(24)27)20-10-12-23-22(16-20)14-15-30-29(23)33/h2-4,6-7,10-13,16-18,27,31-32H,5,8-9,14-15H2,1H3,(H,30,33)/t18-,27?/m1/s1. The van der Waals surface area contributed by atoms with E-state index in [2.05, 4.69) is 83.2 Å². The number of fused-ring (bicyclic) bond motifs is 4. The average Bonchev–Trinajstić information content (AvgIpc) is 3.23. The minimum Gasteiger partial charge on any atom is -0.357 e. The quantitative estimate of drug-likeness (QED) is 0.377. The van der Waals surface area contributed by atoms with Crippen molar-refractivity contribution < 1.29 is 4.79 Å². The molecule has 3 aromatic carbocycles. The first-order chi connectivity index (χ1) is 16.2. The number of aromatic amines is 1. The summed E-state index contributed by atoms with van der Waals surface area (Å²) in [6, 6.07) is 24.3. The lowest BCUT2D eigenvalue weighted by atomic mass is 9.89. The number of amides is 1. The van der Waals surface area contributed by atoms with Crippen LogP contribution in [0.25, 0.3) is 22.0 Å². The van der Waals surface area contributed by atoms with Crippen LogP contribution in [0.15, 0.2) is 66.7 Å². The highest BCUT2D eigenvalue weighted by molar-refractivity contribution is 5.97. The molecule has 1 amide bonds. The summed E-state index contributed by atoms with van der Waals surface area (Å²) in [7, 11) is 0. The predicted octanol–water partition coefficient (Wildman–Crippen LogP) is 5.85. The van der Waals surface area contributed by atoms with E-state index in [1.54, 1.807) is 0 Å². The molecule has 0 bridgehead atoms. The highest BCUT2D eigenvalue weighted by atomic mass is 16.1. The van der Waals surface area contributed by atoms with Gasteiger partial charge in [-0.1, -0.05) is 48.5 Å². The molecule has 4 heteroatoms. The molecule has 166 valence electrons. The molecule has 0 fully saturated rings. The summed E-state index contributed by atoms with van der Waals surface area (Å²) in [4.78, 5) is 15.9. The Kier molecular flexibility index (Phi) is 5.03. The molecule has 6 rings (SSSR count). The molecule has 4 aromatic rings. The second-order valence-electron chi connectivity index (χ2n) is 9.40. The Bertz CT molecular complexity index is 1340. The van der Waals surface area contributed by atoms with E-state index in [4.69, 9.17) is 0 Å². The number of H-pyrrole nitrogens is 1. The van der Waals surface area contributed by atoms with Gasteiger partial charge in [0, 0.05) is 40.8 Å². The van der Waals surface area contributed by atoms with Crippen molar-refractivity contribution in [3.8, 4) is 11.1 Å². The summed E-state index contributed by atoms with van der Waals surface area (Å²) in [5.41, 5.74) is 9.69. The number of hydrogen-bond donors (Lipinski definition) is 3. The highest BCUT2D eigenvalue weighted by Gasteiger charge is 2.26. The summed E-state index contributed by atoms with van der Waals surface area (Å²) in [5.74, 6) is 0.0428. The van der Waals surface area contributed by atoms with Gasteiger partial charge in [-0.2, -0.15) is 0 Å². The Morgan fingerprint density at radius 2 is 1.79 bits per heavy atom. The van der Waals surface area contributed by atoms with E-state index in [-0.39, 0.29) is 5.91 Å². The molecule has 0 saturated carbocycles. The Hall–Kier alpha value is -3.37. The van der Waals surface area contributed by atoms with Crippen molar-refractivity contribution in [2.24, 2.45) is 0 Å². The zero-order valence-electron chi connectivity index (χ0n) is 18.9. The molecule has 0 radical (unpaired) electrons. The first kappa shape index (κ1) is 20.3. The minimum atomic E-state index is 0.0428. The van der Waals surface area contributed by atoms with Gasteiger partial charge in [0.25, 0.3) is 5.91 Å². The van der Waals surface area contributed by atoms with Gasteiger partial charge in [-0.25, -0.2) is 0 Å². The summed E-state index contributed by atoms with van der Waals surface area (Å²) >= 11 is 0. The van der Waals surface area contributed by atoms with E-state index in [1.165, 1.54) is 45.3 Å². The fourth-order valence-corrected chi connectivity index (χ4v) is 5.56. The fourth-order valence-electron chi connectivity index (χ4n) is 5.56. The lowest BCUT2D eigenvalue weighted by Crippen LogP contribution is -2.31. The van der Waals surface area contributed by atoms with Crippen molar-refractivity contribution in [1.82, 2.24) is 15.6 Å². The number of benzene rings is 3. The van der Waals surface area contributed by atoms with Gasteiger partial charge < -0.3 is 15.6 Å². The van der Waals surface area contributed by atoms with Gasteiger partial charge in [0.05, 0.1) is 0 Å². The zero-order chi connectivity index (χ0) is 22.4. The van der Waals surface area contributed by atoms with E-state index < -0.39 is 0 Å². The van der Waals surface area contributed by atoms with Crippen LogP contribution in [0.4, 0.5) is 0 Å². The highest BCUT2D eigenvalue weighted by Crippen LogP contribution is 2.38. The molecular weight excluding hydrogens is 406 g/mol. The molecule has 1 aromatic heterocycles. The van der Waals surface area contributed by atoms with Crippen LogP contribution in [0.5, 0.6) is 0 Å². The molecule has 0 spiro atoms. The van der Waals surface area contributed by atoms with Crippen LogP contribution < -0.4 is 10.6 Å². The summed E-state index contributed by atoms with van der Waals surface area (Å²) in [5, 5.41) is 8.13. The summed E-state index contributed by atoms with van der Waals surface area (Å²) < 4.78 is 0. The van der Waals surface area contributed by atoms with Crippen LogP contribution in [-0.2, 0) is 12.8 Å². The molecule has 4 nitrogen and oxygen atoms in total. The molecule has 2 atom stereocenters. The maximum atomic E-state index is 12.1. The third kappa shape index (κ3) is 3.65. The third-order valence-electron chi connectivity index (χ3n) is 7.32. The monoisotopic (exact) mass is 435 g/mol. The molecule has 1 aliphatic carbocycles. The number of hydrogen-bond acceptors (Lipinski definition) is 2. The fraction of sp³-hybridized carbons (Fsp3) is 0.276. The van der Waals surface area contributed by atoms with E-state index >= 15 is 0 Å².